The third kappa shape index (κ3) is 4.52. The molecule has 1 heterocycles. The Balaban J connectivity index is 2.11. The summed E-state index contributed by atoms with van der Waals surface area (Å²) >= 11 is 1.20. The number of ether oxygens (including phenoxy) is 1. The van der Waals surface area contributed by atoms with Crippen LogP contribution < -0.4 is 10.1 Å². The van der Waals surface area contributed by atoms with Gasteiger partial charge in [-0.1, -0.05) is 37.7 Å². The zero-order valence-corrected chi connectivity index (χ0v) is 16.1. The highest BCUT2D eigenvalue weighted by atomic mass is 32.2. The van der Waals surface area contributed by atoms with Crippen molar-refractivity contribution in [3.63, 3.8) is 0 Å². The minimum absolute atomic E-state index is 0.00941. The number of amides is 1. The summed E-state index contributed by atoms with van der Waals surface area (Å²) in [6.45, 7) is 7.91. The molecule has 1 amide bonds. The number of para-hydroxylation sites is 2. The Bertz CT molecular complexity index is 801. The maximum absolute atomic E-state index is 12.2. The fraction of sp³-hybridized carbons (Fsp3) is 0.471. The molecule has 1 aromatic carbocycles. The zero-order chi connectivity index (χ0) is 19.2. The van der Waals surface area contributed by atoms with E-state index in [9.17, 15) is 10.1 Å². The Morgan fingerprint density at radius 1 is 1.46 bits per heavy atom. The van der Waals surface area contributed by atoms with Crippen LogP contribution >= 0.6 is 11.8 Å². The van der Waals surface area contributed by atoms with Gasteiger partial charge in [0.1, 0.15) is 17.0 Å². The first-order valence-corrected chi connectivity index (χ1v) is 9.25. The van der Waals surface area contributed by atoms with Gasteiger partial charge in [-0.15, -0.1) is 5.10 Å². The van der Waals surface area contributed by atoms with E-state index in [-0.39, 0.29) is 17.6 Å². The van der Waals surface area contributed by atoms with Gasteiger partial charge in [0, 0.05) is 0 Å². The molecule has 26 heavy (non-hydrogen) atoms. The number of hydrogen-bond donors (Lipinski definition) is 1. The highest BCUT2D eigenvalue weighted by Gasteiger charge is 2.30. The van der Waals surface area contributed by atoms with Crippen molar-refractivity contribution in [2.24, 2.45) is 5.92 Å². The van der Waals surface area contributed by atoms with Crippen LogP contribution in [0.5, 0.6) is 5.75 Å². The molecule has 9 heteroatoms. The van der Waals surface area contributed by atoms with Crippen molar-refractivity contribution in [3.05, 3.63) is 24.3 Å². The average Bonchev–Trinajstić information content (AvgIpc) is 3.09. The molecule has 0 aliphatic carbocycles. The first-order valence-electron chi connectivity index (χ1n) is 8.27. The largest absolute Gasteiger partial charge is 0.492 e. The second kappa shape index (κ2) is 8.67. The average molecular weight is 374 g/mol. The molecule has 0 aliphatic rings. The number of nitrogens with zero attached hydrogens (tertiary/aromatic N) is 5. The Hall–Kier alpha value is -2.60. The summed E-state index contributed by atoms with van der Waals surface area (Å²) < 4.78 is 7.14. The molecule has 0 fully saturated rings. The summed E-state index contributed by atoms with van der Waals surface area (Å²) in [5, 5.41) is 24.2. The number of benzene rings is 1. The van der Waals surface area contributed by atoms with Gasteiger partial charge in [0.25, 0.3) is 0 Å². The molecule has 0 saturated heterocycles. The smallest absolute Gasteiger partial charge is 0.231 e. The summed E-state index contributed by atoms with van der Waals surface area (Å²) in [6.07, 6.45) is 0. The molecule has 0 unspecified atom stereocenters. The summed E-state index contributed by atoms with van der Waals surface area (Å²) in [5.41, 5.74) is -0.211. The van der Waals surface area contributed by atoms with E-state index in [0.717, 1.165) is 0 Å². The van der Waals surface area contributed by atoms with E-state index in [1.807, 2.05) is 45.0 Å². The molecule has 0 aliphatic heterocycles. The van der Waals surface area contributed by atoms with E-state index in [4.69, 9.17) is 4.74 Å². The van der Waals surface area contributed by atoms with Gasteiger partial charge in [-0.05, 0) is 42.3 Å². The van der Waals surface area contributed by atoms with Crippen molar-refractivity contribution in [1.82, 2.24) is 25.5 Å². The van der Waals surface area contributed by atoms with Gasteiger partial charge in [0.05, 0.1) is 18.4 Å². The first-order chi connectivity index (χ1) is 12.4. The SMILES string of the molecule is CCOc1ccccc1-n1nnnc1SCC(=O)N[C@@](C)(C#N)C(C)C. The van der Waals surface area contributed by atoms with Crippen LogP contribution in [-0.2, 0) is 4.79 Å². The number of carbonyl (C=O) groups excluding carboxylic acids is 1. The van der Waals surface area contributed by atoms with Gasteiger partial charge >= 0.3 is 0 Å². The minimum Gasteiger partial charge on any atom is -0.492 e. The summed E-state index contributed by atoms with van der Waals surface area (Å²) in [4.78, 5) is 12.2. The molecule has 1 N–H and O–H groups in total. The lowest BCUT2D eigenvalue weighted by molar-refractivity contribution is -0.120. The number of aromatic nitrogens is 4. The number of carbonyl (C=O) groups is 1. The fourth-order valence-electron chi connectivity index (χ4n) is 2.09. The van der Waals surface area contributed by atoms with Crippen LogP contribution in [-0.4, -0.2) is 44.0 Å². The molecule has 0 saturated carbocycles. The van der Waals surface area contributed by atoms with Crippen molar-refractivity contribution < 1.29 is 9.53 Å². The summed E-state index contributed by atoms with van der Waals surface area (Å²) in [6, 6.07) is 9.57. The normalized spacial score (nSPS) is 13.1. The van der Waals surface area contributed by atoms with E-state index >= 15 is 0 Å². The second-order valence-corrected chi connectivity index (χ2v) is 7.02. The van der Waals surface area contributed by atoms with Gasteiger partial charge in [-0.25, -0.2) is 0 Å². The van der Waals surface area contributed by atoms with Crippen LogP contribution in [0.15, 0.2) is 29.4 Å². The van der Waals surface area contributed by atoms with Crippen LogP contribution in [0.3, 0.4) is 0 Å². The first kappa shape index (κ1) is 19.7. The number of thioether (sulfide) groups is 1. The van der Waals surface area contributed by atoms with Crippen LogP contribution in [0, 0.1) is 17.2 Å². The van der Waals surface area contributed by atoms with Gasteiger partial charge in [0.15, 0.2) is 0 Å². The van der Waals surface area contributed by atoms with Crippen molar-refractivity contribution >= 4 is 17.7 Å². The lowest BCUT2D eigenvalue weighted by atomic mass is 9.90. The number of tetrazole rings is 1. The minimum atomic E-state index is -0.912. The third-order valence-corrected chi connectivity index (χ3v) is 4.87. The summed E-state index contributed by atoms with van der Waals surface area (Å²) in [7, 11) is 0. The molecule has 2 aromatic rings. The van der Waals surface area contributed by atoms with Crippen LogP contribution in [0.1, 0.15) is 27.7 Å². The predicted molar refractivity (Wildman–Crippen MR) is 98.0 cm³/mol. The zero-order valence-electron chi connectivity index (χ0n) is 15.3. The van der Waals surface area contributed by atoms with Crippen molar-refractivity contribution in [2.75, 3.05) is 12.4 Å². The van der Waals surface area contributed by atoms with Gasteiger partial charge in [-0.3, -0.25) is 4.79 Å². The third-order valence-electron chi connectivity index (χ3n) is 3.95. The number of nitrogens with one attached hydrogen (secondary N) is 1. The molecule has 8 nitrogen and oxygen atoms in total. The lowest BCUT2D eigenvalue weighted by Crippen LogP contribution is -2.49. The quantitative estimate of drug-likeness (QED) is 0.706. The van der Waals surface area contributed by atoms with E-state index in [1.54, 1.807) is 6.92 Å². The molecule has 0 spiro atoms. The second-order valence-electron chi connectivity index (χ2n) is 6.08. The van der Waals surface area contributed by atoms with Gasteiger partial charge in [-0.2, -0.15) is 9.94 Å². The topological polar surface area (TPSA) is 106 Å². The lowest BCUT2D eigenvalue weighted by Gasteiger charge is -2.27. The maximum Gasteiger partial charge on any atom is 0.231 e. The predicted octanol–water partition coefficient (Wildman–Crippen LogP) is 2.21. The number of rotatable bonds is 8. The highest BCUT2D eigenvalue weighted by Crippen LogP contribution is 2.26. The molecule has 2 rings (SSSR count). The fourth-order valence-corrected chi connectivity index (χ4v) is 2.77. The number of hydrogen-bond acceptors (Lipinski definition) is 7. The maximum atomic E-state index is 12.2. The van der Waals surface area contributed by atoms with Crippen molar-refractivity contribution in [2.45, 2.75) is 38.4 Å². The Kier molecular flexibility index (Phi) is 6.58. The van der Waals surface area contributed by atoms with Gasteiger partial charge in [0.2, 0.25) is 11.1 Å². The Morgan fingerprint density at radius 2 is 2.19 bits per heavy atom. The molecule has 1 atom stereocenters. The van der Waals surface area contributed by atoms with Gasteiger partial charge < -0.3 is 10.1 Å². The van der Waals surface area contributed by atoms with Crippen molar-refractivity contribution in [3.8, 4) is 17.5 Å². The molecule has 138 valence electrons. The highest BCUT2D eigenvalue weighted by molar-refractivity contribution is 7.99. The molecule has 0 bridgehead atoms. The number of nitriles is 1. The molecule has 1 aromatic heterocycles. The summed E-state index contributed by atoms with van der Waals surface area (Å²) in [5.74, 6) is 0.497. The molecular formula is C17H22N6O2S. The molecular weight excluding hydrogens is 352 g/mol. The Morgan fingerprint density at radius 3 is 2.85 bits per heavy atom. The van der Waals surface area contributed by atoms with E-state index in [0.29, 0.717) is 23.2 Å². The Labute approximate surface area is 156 Å². The van der Waals surface area contributed by atoms with Crippen LogP contribution in [0.2, 0.25) is 0 Å². The van der Waals surface area contributed by atoms with Crippen LogP contribution in [0.25, 0.3) is 5.69 Å². The van der Waals surface area contributed by atoms with Crippen molar-refractivity contribution in [1.29, 1.82) is 5.26 Å². The van der Waals surface area contributed by atoms with E-state index < -0.39 is 5.54 Å². The van der Waals surface area contributed by atoms with Crippen LogP contribution in [0.4, 0.5) is 0 Å². The molecule has 0 radical (unpaired) electrons. The monoisotopic (exact) mass is 374 g/mol. The van der Waals surface area contributed by atoms with E-state index in [1.165, 1.54) is 16.4 Å². The standard InChI is InChI=1S/C17H22N6O2S/c1-5-25-14-9-7-6-8-13(14)23-16(20-21-22-23)26-10-15(24)19-17(4,11-18)12(2)3/h6-9,12H,5,10H2,1-4H3,(H,19,24)/t17-/m0/s1. The van der Waals surface area contributed by atoms with E-state index in [2.05, 4.69) is 26.9 Å².